The summed E-state index contributed by atoms with van der Waals surface area (Å²) in [6.07, 6.45) is 12.8. The minimum atomic E-state index is -0.400. The first-order chi connectivity index (χ1) is 9.90. The van der Waals surface area contributed by atoms with Crippen molar-refractivity contribution in [3.05, 3.63) is 47.1 Å². The molecule has 0 bridgehead atoms. The van der Waals surface area contributed by atoms with Crippen LogP contribution in [0.3, 0.4) is 0 Å². The van der Waals surface area contributed by atoms with Gasteiger partial charge in [0.25, 0.3) is 0 Å². The molecule has 1 N–H and O–H groups in total. The molecule has 1 aliphatic carbocycles. The summed E-state index contributed by atoms with van der Waals surface area (Å²) in [4.78, 5) is 0. The monoisotopic (exact) mass is 288 g/mol. The average molecular weight is 288 g/mol. The van der Waals surface area contributed by atoms with Gasteiger partial charge in [0.15, 0.2) is 0 Å². The molecule has 0 saturated carbocycles. The van der Waals surface area contributed by atoms with Gasteiger partial charge >= 0.3 is 0 Å². The van der Waals surface area contributed by atoms with Crippen LogP contribution < -0.4 is 0 Å². The van der Waals surface area contributed by atoms with Gasteiger partial charge in [0.2, 0.25) is 0 Å². The minimum absolute atomic E-state index is 0.170. The molecule has 1 rings (SSSR count). The van der Waals surface area contributed by atoms with Crippen LogP contribution in [-0.2, 0) is 0 Å². The standard InChI is InChI=1S/C20H32O/c1-15(2)19-13-12-17(4)10-6-8-16(3)9-7-11-18(5)14-20(19)21/h9-10,14,19-21H,1,6-8,11-13H2,2-5H3/b16-9+,17-10+,18-14+/t19-,20-/m0/s1. The van der Waals surface area contributed by atoms with Crippen molar-refractivity contribution in [1.82, 2.24) is 0 Å². The predicted molar refractivity (Wildman–Crippen MR) is 93.3 cm³/mol. The van der Waals surface area contributed by atoms with E-state index in [1.165, 1.54) is 16.7 Å². The van der Waals surface area contributed by atoms with Crippen molar-refractivity contribution < 1.29 is 5.11 Å². The highest BCUT2D eigenvalue weighted by Crippen LogP contribution is 2.25. The molecule has 21 heavy (non-hydrogen) atoms. The van der Waals surface area contributed by atoms with Crippen LogP contribution in [0, 0.1) is 5.92 Å². The summed E-state index contributed by atoms with van der Waals surface area (Å²) >= 11 is 0. The molecule has 1 nitrogen and oxygen atoms in total. The fraction of sp³-hybridized carbons (Fsp3) is 0.600. The number of hydrogen-bond acceptors (Lipinski definition) is 1. The van der Waals surface area contributed by atoms with E-state index < -0.39 is 6.10 Å². The Balaban J connectivity index is 2.90. The highest BCUT2D eigenvalue weighted by Gasteiger charge is 2.18. The third-order valence-corrected chi connectivity index (χ3v) is 4.41. The fourth-order valence-corrected chi connectivity index (χ4v) is 2.88. The molecule has 0 aromatic rings. The summed E-state index contributed by atoms with van der Waals surface area (Å²) in [5.74, 6) is 0.170. The molecule has 0 aliphatic heterocycles. The summed E-state index contributed by atoms with van der Waals surface area (Å²) in [5, 5.41) is 10.5. The first kappa shape index (κ1) is 18.0. The third kappa shape index (κ3) is 6.95. The number of aliphatic hydroxyl groups is 1. The summed E-state index contributed by atoms with van der Waals surface area (Å²) < 4.78 is 0. The van der Waals surface area contributed by atoms with E-state index in [4.69, 9.17) is 0 Å². The number of aliphatic hydroxyl groups excluding tert-OH is 1. The van der Waals surface area contributed by atoms with Crippen LogP contribution in [0.15, 0.2) is 47.1 Å². The topological polar surface area (TPSA) is 20.2 Å². The van der Waals surface area contributed by atoms with E-state index in [0.29, 0.717) is 0 Å². The van der Waals surface area contributed by atoms with Crippen LogP contribution in [0.1, 0.15) is 66.2 Å². The van der Waals surface area contributed by atoms with Crippen molar-refractivity contribution in [2.75, 3.05) is 0 Å². The molecule has 1 heteroatoms. The molecule has 0 aromatic carbocycles. The smallest absolute Gasteiger partial charge is 0.0788 e. The van der Waals surface area contributed by atoms with Gasteiger partial charge in [0.1, 0.15) is 0 Å². The average Bonchev–Trinajstić information content (AvgIpc) is 2.37. The zero-order valence-electron chi connectivity index (χ0n) is 14.3. The number of rotatable bonds is 1. The van der Waals surface area contributed by atoms with Crippen LogP contribution in [0.25, 0.3) is 0 Å². The highest BCUT2D eigenvalue weighted by atomic mass is 16.3. The van der Waals surface area contributed by atoms with Gasteiger partial charge in [0, 0.05) is 5.92 Å². The molecule has 0 radical (unpaired) electrons. The van der Waals surface area contributed by atoms with Crippen molar-refractivity contribution in [3.63, 3.8) is 0 Å². The normalized spacial score (nSPS) is 33.7. The molecule has 1 aliphatic rings. The second-order valence-electron chi connectivity index (χ2n) is 6.67. The zero-order valence-corrected chi connectivity index (χ0v) is 14.3. The van der Waals surface area contributed by atoms with Gasteiger partial charge in [-0.25, -0.2) is 0 Å². The number of hydrogen-bond donors (Lipinski definition) is 1. The van der Waals surface area contributed by atoms with Gasteiger partial charge in [-0.1, -0.05) is 47.1 Å². The van der Waals surface area contributed by atoms with Crippen molar-refractivity contribution in [1.29, 1.82) is 0 Å². The molecular formula is C20H32O. The summed E-state index contributed by atoms with van der Waals surface area (Å²) in [5.41, 5.74) is 5.27. The molecule has 0 spiro atoms. The van der Waals surface area contributed by atoms with E-state index in [1.54, 1.807) is 0 Å². The maximum absolute atomic E-state index is 10.5. The molecule has 118 valence electrons. The van der Waals surface area contributed by atoms with Gasteiger partial charge in [-0.15, -0.1) is 0 Å². The lowest BCUT2D eigenvalue weighted by Gasteiger charge is -2.22. The Bertz CT molecular complexity index is 437. The molecule has 0 aromatic heterocycles. The van der Waals surface area contributed by atoms with Crippen LogP contribution in [0.5, 0.6) is 0 Å². The largest absolute Gasteiger partial charge is 0.388 e. The van der Waals surface area contributed by atoms with Gasteiger partial charge < -0.3 is 5.11 Å². The molecule has 0 heterocycles. The molecule has 0 fully saturated rings. The summed E-state index contributed by atoms with van der Waals surface area (Å²) in [6.45, 7) is 12.7. The van der Waals surface area contributed by atoms with E-state index in [0.717, 1.165) is 44.1 Å². The lowest BCUT2D eigenvalue weighted by Crippen LogP contribution is -2.19. The first-order valence-corrected chi connectivity index (χ1v) is 8.22. The fourth-order valence-electron chi connectivity index (χ4n) is 2.88. The molecule has 0 unspecified atom stereocenters. The van der Waals surface area contributed by atoms with Crippen molar-refractivity contribution >= 4 is 0 Å². The van der Waals surface area contributed by atoms with E-state index >= 15 is 0 Å². The molecule has 2 atom stereocenters. The van der Waals surface area contributed by atoms with E-state index in [1.807, 2.05) is 13.0 Å². The highest BCUT2D eigenvalue weighted by molar-refractivity contribution is 5.13. The number of allylic oxidation sites excluding steroid dienone is 5. The summed E-state index contributed by atoms with van der Waals surface area (Å²) in [6, 6.07) is 0. The quantitative estimate of drug-likeness (QED) is 0.611. The van der Waals surface area contributed by atoms with E-state index in [9.17, 15) is 5.11 Å². The molecular weight excluding hydrogens is 256 g/mol. The van der Waals surface area contributed by atoms with Crippen molar-refractivity contribution in [2.24, 2.45) is 5.92 Å². The third-order valence-electron chi connectivity index (χ3n) is 4.41. The Labute approximate surface area is 131 Å². The second-order valence-corrected chi connectivity index (χ2v) is 6.67. The van der Waals surface area contributed by atoms with E-state index in [2.05, 4.69) is 39.5 Å². The zero-order chi connectivity index (χ0) is 15.8. The lowest BCUT2D eigenvalue weighted by atomic mass is 9.87. The van der Waals surface area contributed by atoms with Crippen molar-refractivity contribution in [3.8, 4) is 0 Å². The Kier molecular flexibility index (Phi) is 7.74. The van der Waals surface area contributed by atoms with Gasteiger partial charge in [-0.2, -0.15) is 0 Å². The van der Waals surface area contributed by atoms with Crippen LogP contribution in [0.2, 0.25) is 0 Å². The maximum atomic E-state index is 10.5. The molecule has 0 amide bonds. The van der Waals surface area contributed by atoms with Crippen LogP contribution in [-0.4, -0.2) is 11.2 Å². The van der Waals surface area contributed by atoms with Crippen molar-refractivity contribution in [2.45, 2.75) is 72.3 Å². The first-order valence-electron chi connectivity index (χ1n) is 8.22. The molecule has 0 saturated heterocycles. The van der Waals surface area contributed by atoms with E-state index in [-0.39, 0.29) is 5.92 Å². The van der Waals surface area contributed by atoms with Crippen LogP contribution in [0.4, 0.5) is 0 Å². The van der Waals surface area contributed by atoms with Gasteiger partial charge in [0.05, 0.1) is 6.10 Å². The second kappa shape index (κ2) is 9.04. The SMILES string of the molecule is C=C(C)[C@@H]1CC/C(C)=C/CC/C(C)=C/CC/C(C)=C/[C@@H]1O. The predicted octanol–water partition coefficient (Wildman–Crippen LogP) is 5.73. The van der Waals surface area contributed by atoms with Gasteiger partial charge in [-0.3, -0.25) is 0 Å². The Morgan fingerprint density at radius 2 is 1.52 bits per heavy atom. The maximum Gasteiger partial charge on any atom is 0.0788 e. The lowest BCUT2D eigenvalue weighted by molar-refractivity contribution is 0.165. The van der Waals surface area contributed by atoms with Crippen LogP contribution >= 0.6 is 0 Å². The Morgan fingerprint density at radius 3 is 2.10 bits per heavy atom. The minimum Gasteiger partial charge on any atom is -0.388 e. The summed E-state index contributed by atoms with van der Waals surface area (Å²) in [7, 11) is 0. The Morgan fingerprint density at radius 1 is 1.00 bits per heavy atom. The van der Waals surface area contributed by atoms with Gasteiger partial charge in [-0.05, 0) is 66.2 Å². The Hall–Kier alpha value is -1.08.